The van der Waals surface area contributed by atoms with Gasteiger partial charge in [-0.3, -0.25) is 0 Å². The maximum atomic E-state index is 14.3. The minimum absolute atomic E-state index is 0.155. The van der Waals surface area contributed by atoms with E-state index in [2.05, 4.69) is 27.7 Å². The summed E-state index contributed by atoms with van der Waals surface area (Å²) in [5, 5.41) is 0. The van der Waals surface area contributed by atoms with Gasteiger partial charge >= 0.3 is 0 Å². The van der Waals surface area contributed by atoms with Gasteiger partial charge in [-0.25, -0.2) is 8.78 Å². The summed E-state index contributed by atoms with van der Waals surface area (Å²) in [5.41, 5.74) is 3.12. The van der Waals surface area contributed by atoms with Gasteiger partial charge in [0.15, 0.2) is 0 Å². The van der Waals surface area contributed by atoms with Crippen LogP contribution in [0.3, 0.4) is 0 Å². The van der Waals surface area contributed by atoms with Crippen LogP contribution >= 0.6 is 0 Å². The Morgan fingerprint density at radius 3 is 2.18 bits per heavy atom. The molecule has 0 spiro atoms. The fourth-order valence-corrected chi connectivity index (χ4v) is 2.71. The second-order valence-electron chi connectivity index (χ2n) is 7.03. The van der Waals surface area contributed by atoms with Crippen LogP contribution in [0.4, 0.5) is 8.78 Å². The topological polar surface area (TPSA) is 0 Å². The molecule has 0 radical (unpaired) electrons. The molecule has 118 valence electrons. The number of halogens is 2. The summed E-state index contributed by atoms with van der Waals surface area (Å²) < 4.78 is 27.8. The van der Waals surface area contributed by atoms with Crippen molar-refractivity contribution < 1.29 is 8.78 Å². The molecule has 0 bridgehead atoms. The molecule has 2 heteroatoms. The summed E-state index contributed by atoms with van der Waals surface area (Å²) in [6.07, 6.45) is 0.586. The summed E-state index contributed by atoms with van der Waals surface area (Å²) in [7, 11) is 0. The molecule has 0 saturated carbocycles. The molecule has 0 aromatic heterocycles. The van der Waals surface area contributed by atoms with Crippen molar-refractivity contribution in [3.63, 3.8) is 0 Å². The second-order valence-corrected chi connectivity index (χ2v) is 7.03. The maximum Gasteiger partial charge on any atom is 0.126 e. The monoisotopic (exact) mass is 302 g/mol. The zero-order valence-electron chi connectivity index (χ0n) is 14.0. The third-order valence-corrected chi connectivity index (χ3v) is 4.32. The van der Waals surface area contributed by atoms with Gasteiger partial charge in [-0.15, -0.1) is 0 Å². The van der Waals surface area contributed by atoms with Crippen molar-refractivity contribution in [2.75, 3.05) is 0 Å². The molecule has 0 aliphatic rings. The molecule has 0 atom stereocenters. The van der Waals surface area contributed by atoms with Crippen molar-refractivity contribution in [1.29, 1.82) is 0 Å². The van der Waals surface area contributed by atoms with Gasteiger partial charge in [0.05, 0.1) is 0 Å². The summed E-state index contributed by atoms with van der Waals surface area (Å²) in [6.45, 7) is 10.00. The van der Waals surface area contributed by atoms with E-state index in [1.165, 1.54) is 6.07 Å². The third-order valence-electron chi connectivity index (χ3n) is 4.32. The lowest BCUT2D eigenvalue weighted by molar-refractivity contribution is 0.498. The molecule has 0 aliphatic heterocycles. The zero-order valence-corrected chi connectivity index (χ0v) is 14.0. The molecule has 0 N–H and O–H groups in total. The highest BCUT2D eigenvalue weighted by Crippen LogP contribution is 2.30. The number of hydrogen-bond acceptors (Lipinski definition) is 0. The van der Waals surface area contributed by atoms with Gasteiger partial charge in [-0.1, -0.05) is 52.0 Å². The Labute approximate surface area is 132 Å². The van der Waals surface area contributed by atoms with Crippen molar-refractivity contribution in [3.8, 4) is 0 Å². The van der Waals surface area contributed by atoms with E-state index < -0.39 is 0 Å². The van der Waals surface area contributed by atoms with Gasteiger partial charge in [0, 0.05) is 0 Å². The Balaban J connectivity index is 2.30. The minimum Gasteiger partial charge on any atom is -0.207 e. The molecule has 2 aromatic rings. The Morgan fingerprint density at radius 2 is 1.64 bits per heavy atom. The summed E-state index contributed by atoms with van der Waals surface area (Å²) in [5.74, 6) is -0.0403. The number of rotatable bonds is 4. The van der Waals surface area contributed by atoms with E-state index in [-0.39, 0.29) is 17.0 Å². The van der Waals surface area contributed by atoms with Crippen molar-refractivity contribution >= 4 is 0 Å². The number of hydrogen-bond donors (Lipinski definition) is 0. The summed E-state index contributed by atoms with van der Waals surface area (Å²) in [6, 6.07) is 10.6. The van der Waals surface area contributed by atoms with Crippen molar-refractivity contribution in [1.82, 2.24) is 0 Å². The van der Waals surface area contributed by atoms with Crippen LogP contribution in [0.2, 0.25) is 0 Å². The average molecular weight is 302 g/mol. The van der Waals surface area contributed by atoms with Gasteiger partial charge in [0.1, 0.15) is 11.6 Å². The molecule has 22 heavy (non-hydrogen) atoms. The highest BCUT2D eigenvalue weighted by molar-refractivity contribution is 5.33. The number of aryl methyl sites for hydroxylation is 1. The average Bonchev–Trinajstić information content (AvgIpc) is 2.43. The Hall–Kier alpha value is -1.70. The van der Waals surface area contributed by atoms with Crippen molar-refractivity contribution in [2.45, 2.75) is 52.4 Å². The van der Waals surface area contributed by atoms with E-state index in [1.807, 2.05) is 18.2 Å². The molecule has 2 rings (SSSR count). The Kier molecular flexibility index (Phi) is 4.69. The Bertz CT molecular complexity index is 669. The lowest BCUT2D eigenvalue weighted by Crippen LogP contribution is -2.21. The van der Waals surface area contributed by atoms with E-state index >= 15 is 0 Å². The standard InChI is InChI=1S/C20H24F2/c1-13(2)15-6-7-16(19(22)11-15)12-20(4,5)17-8-9-18(21)14(3)10-17/h6-11,13H,12H2,1-5H3. The van der Waals surface area contributed by atoms with Gasteiger partial charge < -0.3 is 0 Å². The van der Waals surface area contributed by atoms with Crippen LogP contribution in [0, 0.1) is 18.6 Å². The Morgan fingerprint density at radius 1 is 0.955 bits per heavy atom. The van der Waals surface area contributed by atoms with E-state index in [0.29, 0.717) is 23.5 Å². The first-order valence-corrected chi connectivity index (χ1v) is 7.75. The smallest absolute Gasteiger partial charge is 0.126 e. The van der Waals surface area contributed by atoms with E-state index in [4.69, 9.17) is 0 Å². The van der Waals surface area contributed by atoms with Crippen LogP contribution in [0.15, 0.2) is 36.4 Å². The largest absolute Gasteiger partial charge is 0.207 e. The van der Waals surface area contributed by atoms with Gasteiger partial charge in [0.25, 0.3) is 0 Å². The quantitative estimate of drug-likeness (QED) is 0.658. The number of benzene rings is 2. The van der Waals surface area contributed by atoms with Gasteiger partial charge in [-0.05, 0) is 59.1 Å². The molecule has 0 fully saturated rings. The lowest BCUT2D eigenvalue weighted by Gasteiger charge is -2.26. The SMILES string of the molecule is Cc1cc(C(C)(C)Cc2ccc(C(C)C)cc2F)ccc1F. The van der Waals surface area contributed by atoms with Crippen LogP contribution in [0.5, 0.6) is 0 Å². The molecular weight excluding hydrogens is 278 g/mol. The third kappa shape index (κ3) is 3.55. The first-order chi connectivity index (χ1) is 10.2. The molecule has 0 aliphatic carbocycles. The normalized spacial score (nSPS) is 12.0. The van der Waals surface area contributed by atoms with Crippen molar-refractivity contribution in [2.24, 2.45) is 0 Å². The highest BCUT2D eigenvalue weighted by Gasteiger charge is 2.23. The fraction of sp³-hybridized carbons (Fsp3) is 0.400. The molecule has 0 amide bonds. The summed E-state index contributed by atoms with van der Waals surface area (Å²) >= 11 is 0. The fourth-order valence-electron chi connectivity index (χ4n) is 2.71. The van der Waals surface area contributed by atoms with E-state index in [1.54, 1.807) is 19.1 Å². The molecule has 0 unspecified atom stereocenters. The highest BCUT2D eigenvalue weighted by atomic mass is 19.1. The van der Waals surface area contributed by atoms with Crippen LogP contribution in [-0.4, -0.2) is 0 Å². The predicted molar refractivity (Wildman–Crippen MR) is 88.4 cm³/mol. The molecular formula is C20H24F2. The van der Waals surface area contributed by atoms with Gasteiger partial charge in [-0.2, -0.15) is 0 Å². The van der Waals surface area contributed by atoms with Gasteiger partial charge in [0.2, 0.25) is 0 Å². The summed E-state index contributed by atoms with van der Waals surface area (Å²) in [4.78, 5) is 0. The zero-order chi connectivity index (χ0) is 16.5. The first-order valence-electron chi connectivity index (χ1n) is 7.75. The minimum atomic E-state index is -0.251. The molecule has 0 nitrogen and oxygen atoms in total. The van der Waals surface area contributed by atoms with E-state index in [0.717, 1.165) is 11.1 Å². The van der Waals surface area contributed by atoms with Crippen LogP contribution in [-0.2, 0) is 11.8 Å². The van der Waals surface area contributed by atoms with E-state index in [9.17, 15) is 8.78 Å². The second kappa shape index (κ2) is 6.20. The molecule has 0 saturated heterocycles. The molecule has 0 heterocycles. The van der Waals surface area contributed by atoms with Crippen molar-refractivity contribution in [3.05, 3.63) is 70.3 Å². The predicted octanol–water partition coefficient (Wildman–Crippen LogP) is 5.92. The van der Waals surface area contributed by atoms with Crippen LogP contribution in [0.25, 0.3) is 0 Å². The lowest BCUT2D eigenvalue weighted by atomic mass is 9.78. The molecule has 2 aromatic carbocycles. The van der Waals surface area contributed by atoms with Crippen LogP contribution < -0.4 is 0 Å². The maximum absolute atomic E-state index is 14.3. The van der Waals surface area contributed by atoms with Crippen LogP contribution in [0.1, 0.15) is 55.9 Å². The first kappa shape index (κ1) is 16.7.